The van der Waals surface area contributed by atoms with E-state index >= 15 is 0 Å². The van der Waals surface area contributed by atoms with Crippen molar-refractivity contribution in [2.75, 3.05) is 17.3 Å². The molecule has 0 N–H and O–H groups in total. The number of ether oxygens (including phenoxy) is 2. The molecule has 0 bridgehead atoms. The Morgan fingerprint density at radius 1 is 1.26 bits per heavy atom. The summed E-state index contributed by atoms with van der Waals surface area (Å²) in [4.78, 5) is 32.4. The van der Waals surface area contributed by atoms with E-state index in [1.807, 2.05) is 19.9 Å². The number of hydrogen-bond donors (Lipinski definition) is 0. The van der Waals surface area contributed by atoms with Gasteiger partial charge in [0.15, 0.2) is 11.0 Å². The van der Waals surface area contributed by atoms with Crippen molar-refractivity contribution in [3.8, 4) is 5.75 Å². The summed E-state index contributed by atoms with van der Waals surface area (Å²) in [7, 11) is 0. The lowest BCUT2D eigenvalue weighted by molar-refractivity contribution is -0.113. The number of benzene rings is 1. The maximum Gasteiger partial charge on any atom is 0.387 e. The number of thioether (sulfide) groups is 1. The lowest BCUT2D eigenvalue weighted by Gasteiger charge is -2.18. The van der Waals surface area contributed by atoms with Gasteiger partial charge in [-0.3, -0.25) is 14.5 Å². The monoisotopic (exact) mass is 555 g/mol. The van der Waals surface area contributed by atoms with Gasteiger partial charge < -0.3 is 18.5 Å². The first-order valence-corrected chi connectivity index (χ1v) is 13.5. The molecule has 1 fully saturated rings. The number of Topliss-reactive ketones (excluding diaryl/α,β-unsaturated/α-hetero) is 1. The molecule has 0 saturated carbocycles. The third kappa shape index (κ3) is 5.99. The van der Waals surface area contributed by atoms with Crippen LogP contribution >= 0.6 is 11.8 Å². The molecule has 4 heterocycles. The molecule has 0 radical (unpaired) electrons. The number of furan rings is 1. The number of aryl methyl sites for hydroxylation is 1. The van der Waals surface area contributed by atoms with Crippen LogP contribution in [0, 0.1) is 13.8 Å². The predicted octanol–water partition coefficient (Wildman–Crippen LogP) is 5.84. The molecule has 1 saturated heterocycles. The summed E-state index contributed by atoms with van der Waals surface area (Å²) in [6.45, 7) is 2.41. The van der Waals surface area contributed by atoms with Crippen LogP contribution in [-0.4, -0.2) is 46.5 Å². The van der Waals surface area contributed by atoms with Crippen molar-refractivity contribution in [2.24, 2.45) is 4.99 Å². The molecule has 1 atom stereocenters. The van der Waals surface area contributed by atoms with E-state index < -0.39 is 12.5 Å². The summed E-state index contributed by atoms with van der Waals surface area (Å²) in [5.41, 5.74) is 3.01. The molecule has 3 aromatic rings. The van der Waals surface area contributed by atoms with Crippen LogP contribution in [0.25, 0.3) is 6.08 Å². The zero-order valence-electron chi connectivity index (χ0n) is 21.4. The van der Waals surface area contributed by atoms with Gasteiger partial charge in [-0.15, -0.1) is 0 Å². The van der Waals surface area contributed by atoms with Gasteiger partial charge in [0.05, 0.1) is 23.8 Å². The van der Waals surface area contributed by atoms with E-state index in [0.29, 0.717) is 28.7 Å². The van der Waals surface area contributed by atoms with Crippen molar-refractivity contribution in [1.29, 1.82) is 0 Å². The summed E-state index contributed by atoms with van der Waals surface area (Å²) in [6, 6.07) is 10.9. The Kier molecular flexibility index (Phi) is 7.99. The number of rotatable bonds is 9. The molecule has 5 rings (SSSR count). The number of aromatic nitrogens is 1. The fourth-order valence-corrected chi connectivity index (χ4v) is 5.57. The van der Waals surface area contributed by atoms with Gasteiger partial charge in [-0.2, -0.15) is 8.78 Å². The number of aliphatic imine (C=N–C) groups is 1. The summed E-state index contributed by atoms with van der Waals surface area (Å²) in [5.74, 6) is -0.0623. The highest BCUT2D eigenvalue weighted by Crippen LogP contribution is 2.32. The quantitative estimate of drug-likeness (QED) is 0.244. The first-order valence-electron chi connectivity index (χ1n) is 12.5. The molecule has 2 aromatic heterocycles. The van der Waals surface area contributed by atoms with Crippen molar-refractivity contribution in [3.63, 3.8) is 0 Å². The van der Waals surface area contributed by atoms with Crippen LogP contribution in [0.15, 0.2) is 63.8 Å². The van der Waals surface area contributed by atoms with Gasteiger partial charge in [-0.05, 0) is 69.2 Å². The predicted molar refractivity (Wildman–Crippen MR) is 144 cm³/mol. The Balaban J connectivity index is 1.36. The summed E-state index contributed by atoms with van der Waals surface area (Å²) >= 11 is 1.13. The normalized spacial score (nSPS) is 18.4. The van der Waals surface area contributed by atoms with E-state index in [0.717, 1.165) is 42.6 Å². The second kappa shape index (κ2) is 11.6. The fraction of sp³-hybridized carbons (Fsp3) is 0.321. The number of alkyl halides is 2. The number of halogens is 2. The Bertz CT molecular complexity index is 1410. The number of amides is 1. The first-order chi connectivity index (χ1) is 18.8. The Labute approximate surface area is 228 Å². The number of nitrogens with zero attached hydrogens (tertiary/aromatic N) is 3. The Morgan fingerprint density at radius 3 is 2.72 bits per heavy atom. The fourth-order valence-electron chi connectivity index (χ4n) is 4.67. The number of carbonyl (C=O) groups excluding carboxylic acids is 2. The second-order valence-electron chi connectivity index (χ2n) is 9.19. The van der Waals surface area contributed by atoms with E-state index in [2.05, 4.69) is 14.3 Å². The van der Waals surface area contributed by atoms with E-state index in [9.17, 15) is 18.4 Å². The van der Waals surface area contributed by atoms with Crippen LogP contribution in [0.1, 0.15) is 40.3 Å². The van der Waals surface area contributed by atoms with Crippen molar-refractivity contribution >= 4 is 40.4 Å². The second-order valence-corrected chi connectivity index (χ2v) is 10.1. The topological polar surface area (TPSA) is 86.3 Å². The summed E-state index contributed by atoms with van der Waals surface area (Å²) in [6.07, 6.45) is 5.19. The number of hydrogen-bond acceptors (Lipinski definition) is 7. The van der Waals surface area contributed by atoms with Gasteiger partial charge in [0.25, 0.3) is 5.91 Å². The van der Waals surface area contributed by atoms with E-state index in [4.69, 9.17) is 9.15 Å². The maximum absolute atomic E-state index is 13.3. The zero-order valence-corrected chi connectivity index (χ0v) is 22.2. The lowest BCUT2D eigenvalue weighted by atomic mass is 10.2. The largest absolute Gasteiger partial charge is 0.465 e. The number of ketones is 1. The van der Waals surface area contributed by atoms with Crippen LogP contribution in [-0.2, 0) is 16.1 Å². The third-order valence-electron chi connectivity index (χ3n) is 6.59. The molecular weight excluding hydrogens is 528 g/mol. The van der Waals surface area contributed by atoms with Gasteiger partial charge in [-0.25, -0.2) is 4.99 Å². The average molecular weight is 556 g/mol. The smallest absolute Gasteiger partial charge is 0.387 e. The first kappa shape index (κ1) is 26.9. The number of amidine groups is 1. The van der Waals surface area contributed by atoms with Crippen LogP contribution in [0.5, 0.6) is 5.75 Å². The van der Waals surface area contributed by atoms with Gasteiger partial charge in [0.1, 0.15) is 17.2 Å². The van der Waals surface area contributed by atoms with E-state index in [-0.39, 0.29) is 29.1 Å². The minimum absolute atomic E-state index is 0.0357. The van der Waals surface area contributed by atoms with Gasteiger partial charge in [0.2, 0.25) is 0 Å². The molecule has 0 unspecified atom stereocenters. The lowest BCUT2D eigenvalue weighted by Crippen LogP contribution is -2.30. The average Bonchev–Trinajstić information content (AvgIpc) is 3.71. The molecule has 0 spiro atoms. The molecule has 8 nitrogen and oxygen atoms in total. The highest BCUT2D eigenvalue weighted by molar-refractivity contribution is 8.14. The molecule has 2 aliphatic heterocycles. The van der Waals surface area contributed by atoms with Crippen LogP contribution < -0.4 is 9.64 Å². The molecular formula is C28H27F2N3O5S. The zero-order chi connectivity index (χ0) is 27.5. The minimum atomic E-state index is -2.96. The number of carbonyl (C=O) groups is 2. The van der Waals surface area contributed by atoms with Gasteiger partial charge >= 0.3 is 6.61 Å². The van der Waals surface area contributed by atoms with Crippen molar-refractivity contribution in [3.05, 3.63) is 77.1 Å². The Hall–Kier alpha value is -3.70. The molecule has 1 amide bonds. The minimum Gasteiger partial charge on any atom is -0.465 e. The Morgan fingerprint density at radius 2 is 2.05 bits per heavy atom. The standard InChI is InChI=1S/C28H27F2N3O5S/c1-17-13-23(18(2)32(17)15-22-6-4-12-37-22)25(34)16-39-28-31-24(14-21-5-3-11-36-21)26(35)33(28)19-7-9-20(10-8-19)38-27(29)30/h3,5,7-11,13-14,22,27H,4,6,12,15-16H2,1-2H3/b24-14-/t22-/m1/s1. The van der Waals surface area contributed by atoms with Crippen LogP contribution in [0.3, 0.4) is 0 Å². The molecule has 204 valence electrons. The van der Waals surface area contributed by atoms with E-state index in [1.54, 1.807) is 12.1 Å². The summed E-state index contributed by atoms with van der Waals surface area (Å²) in [5, 5.41) is 0.293. The molecule has 1 aromatic carbocycles. The molecule has 2 aliphatic rings. The molecule has 0 aliphatic carbocycles. The molecule has 39 heavy (non-hydrogen) atoms. The third-order valence-corrected chi connectivity index (χ3v) is 7.53. The highest BCUT2D eigenvalue weighted by atomic mass is 32.2. The van der Waals surface area contributed by atoms with Crippen molar-refractivity contribution < 1.29 is 32.3 Å². The van der Waals surface area contributed by atoms with Crippen LogP contribution in [0.4, 0.5) is 14.5 Å². The van der Waals surface area contributed by atoms with Gasteiger partial charge in [-0.1, -0.05) is 11.8 Å². The van der Waals surface area contributed by atoms with E-state index in [1.165, 1.54) is 41.5 Å². The maximum atomic E-state index is 13.3. The number of anilines is 1. The van der Waals surface area contributed by atoms with Crippen molar-refractivity contribution in [1.82, 2.24) is 4.57 Å². The SMILES string of the molecule is Cc1cc(C(=O)CSC2=N/C(=C\c3ccco3)C(=O)N2c2ccc(OC(F)F)cc2)c(C)n1C[C@H]1CCCO1. The molecule has 11 heteroatoms. The van der Waals surface area contributed by atoms with Crippen LogP contribution in [0.2, 0.25) is 0 Å². The summed E-state index contributed by atoms with van der Waals surface area (Å²) < 4.78 is 42.8. The van der Waals surface area contributed by atoms with Gasteiger partial charge in [0, 0.05) is 36.2 Å². The van der Waals surface area contributed by atoms with Crippen molar-refractivity contribution in [2.45, 2.75) is 45.9 Å². The highest BCUT2D eigenvalue weighted by Gasteiger charge is 2.33.